The van der Waals surface area contributed by atoms with Crippen LogP contribution in [0.5, 0.6) is 0 Å². The van der Waals surface area contributed by atoms with Crippen molar-refractivity contribution in [1.82, 2.24) is 10.2 Å². The van der Waals surface area contributed by atoms with Crippen LogP contribution in [0.15, 0.2) is 48.5 Å². The van der Waals surface area contributed by atoms with Gasteiger partial charge in [-0.3, -0.25) is 4.79 Å². The number of hydrogen-bond donors (Lipinski definition) is 2. The van der Waals surface area contributed by atoms with Crippen LogP contribution >= 0.6 is 0 Å². The standard InChI is InChI=1S/C18H19F2N3O2/c1-23(2)17(24)11-16(12-6-4-3-5-7-12)22-18(25)21-15-9-8-13(19)10-14(15)20/h3-10,16H,11H2,1-2H3,(H2,21,22,25)/t16-/m0/s1. The highest BCUT2D eigenvalue weighted by Gasteiger charge is 2.20. The van der Waals surface area contributed by atoms with Crippen molar-refractivity contribution in [3.05, 3.63) is 65.7 Å². The van der Waals surface area contributed by atoms with Crippen LogP contribution in [0.3, 0.4) is 0 Å². The lowest BCUT2D eigenvalue weighted by Gasteiger charge is -2.21. The molecule has 0 bridgehead atoms. The molecule has 2 N–H and O–H groups in total. The summed E-state index contributed by atoms with van der Waals surface area (Å²) in [6.07, 6.45) is 0.0519. The first-order valence-corrected chi connectivity index (χ1v) is 7.64. The zero-order valence-corrected chi connectivity index (χ0v) is 13.9. The number of rotatable bonds is 5. The van der Waals surface area contributed by atoms with Crippen molar-refractivity contribution >= 4 is 17.6 Å². The van der Waals surface area contributed by atoms with Crippen LogP contribution in [0.1, 0.15) is 18.0 Å². The van der Waals surface area contributed by atoms with Gasteiger partial charge in [-0.15, -0.1) is 0 Å². The Hall–Kier alpha value is -2.96. The number of amides is 3. The normalized spacial score (nSPS) is 11.5. The van der Waals surface area contributed by atoms with E-state index in [1.807, 2.05) is 6.07 Å². The third-order valence-electron chi connectivity index (χ3n) is 3.56. The van der Waals surface area contributed by atoms with E-state index in [0.717, 1.165) is 17.7 Å². The van der Waals surface area contributed by atoms with Crippen LogP contribution < -0.4 is 10.6 Å². The summed E-state index contributed by atoms with van der Waals surface area (Å²) in [5.41, 5.74) is 0.595. The van der Waals surface area contributed by atoms with Gasteiger partial charge in [-0.2, -0.15) is 0 Å². The Morgan fingerprint density at radius 1 is 1.08 bits per heavy atom. The van der Waals surface area contributed by atoms with Gasteiger partial charge in [-0.25, -0.2) is 13.6 Å². The van der Waals surface area contributed by atoms with Crippen LogP contribution in [-0.2, 0) is 4.79 Å². The Labute approximate surface area is 144 Å². The van der Waals surface area contributed by atoms with Gasteiger partial charge in [-0.1, -0.05) is 30.3 Å². The molecule has 5 nitrogen and oxygen atoms in total. The molecule has 0 heterocycles. The second-order valence-electron chi connectivity index (χ2n) is 5.68. The predicted octanol–water partition coefficient (Wildman–Crippen LogP) is 3.31. The largest absolute Gasteiger partial charge is 0.349 e. The Morgan fingerprint density at radius 2 is 1.76 bits per heavy atom. The Kier molecular flexibility index (Phi) is 6.05. The van der Waals surface area contributed by atoms with Crippen molar-refractivity contribution in [1.29, 1.82) is 0 Å². The van der Waals surface area contributed by atoms with Gasteiger partial charge < -0.3 is 15.5 Å². The van der Waals surface area contributed by atoms with Crippen molar-refractivity contribution in [3.63, 3.8) is 0 Å². The highest BCUT2D eigenvalue weighted by Crippen LogP contribution is 2.19. The van der Waals surface area contributed by atoms with Crippen molar-refractivity contribution in [3.8, 4) is 0 Å². The second-order valence-corrected chi connectivity index (χ2v) is 5.68. The molecule has 0 aromatic heterocycles. The van der Waals surface area contributed by atoms with Gasteiger partial charge in [0.25, 0.3) is 0 Å². The summed E-state index contributed by atoms with van der Waals surface area (Å²) in [4.78, 5) is 25.6. The lowest BCUT2D eigenvalue weighted by molar-refractivity contribution is -0.129. The SMILES string of the molecule is CN(C)C(=O)C[C@H](NC(=O)Nc1ccc(F)cc1F)c1ccccc1. The van der Waals surface area contributed by atoms with Crippen molar-refractivity contribution in [2.45, 2.75) is 12.5 Å². The first-order valence-electron chi connectivity index (χ1n) is 7.64. The summed E-state index contributed by atoms with van der Waals surface area (Å²) in [5.74, 6) is -1.78. The molecule has 0 radical (unpaired) electrons. The quantitative estimate of drug-likeness (QED) is 0.872. The zero-order chi connectivity index (χ0) is 18.4. The summed E-state index contributed by atoms with van der Waals surface area (Å²) >= 11 is 0. The average Bonchev–Trinajstić information content (AvgIpc) is 2.57. The minimum atomic E-state index is -0.879. The number of carbonyl (C=O) groups excluding carboxylic acids is 2. The number of nitrogens with zero attached hydrogens (tertiary/aromatic N) is 1. The lowest BCUT2D eigenvalue weighted by Crippen LogP contribution is -2.36. The fourth-order valence-electron chi connectivity index (χ4n) is 2.20. The van der Waals surface area contributed by atoms with Gasteiger partial charge in [0.05, 0.1) is 18.2 Å². The maximum absolute atomic E-state index is 13.6. The Balaban J connectivity index is 2.12. The first kappa shape index (κ1) is 18.4. The molecule has 0 saturated heterocycles. The van der Waals surface area contributed by atoms with Crippen molar-refractivity contribution in [2.75, 3.05) is 19.4 Å². The van der Waals surface area contributed by atoms with E-state index in [0.29, 0.717) is 6.07 Å². The van der Waals surface area contributed by atoms with Crippen LogP contribution in [0.25, 0.3) is 0 Å². The van der Waals surface area contributed by atoms with Gasteiger partial charge in [0, 0.05) is 20.2 Å². The number of carbonyl (C=O) groups is 2. The molecule has 1 atom stereocenters. The van der Waals surface area contributed by atoms with Crippen molar-refractivity contribution < 1.29 is 18.4 Å². The summed E-state index contributed by atoms with van der Waals surface area (Å²) < 4.78 is 26.6. The predicted molar refractivity (Wildman–Crippen MR) is 91.0 cm³/mol. The molecular formula is C18H19F2N3O2. The maximum Gasteiger partial charge on any atom is 0.319 e. The molecule has 0 unspecified atom stereocenters. The van der Waals surface area contributed by atoms with E-state index in [4.69, 9.17) is 0 Å². The second kappa shape index (κ2) is 8.23. The first-order chi connectivity index (χ1) is 11.9. The van der Waals surface area contributed by atoms with Crippen LogP contribution in [-0.4, -0.2) is 30.9 Å². The summed E-state index contributed by atoms with van der Waals surface area (Å²) in [6.45, 7) is 0. The van der Waals surface area contributed by atoms with Gasteiger partial charge in [0.15, 0.2) is 0 Å². The highest BCUT2D eigenvalue weighted by atomic mass is 19.1. The topological polar surface area (TPSA) is 61.4 Å². The van der Waals surface area contributed by atoms with Crippen LogP contribution in [0.2, 0.25) is 0 Å². The molecule has 0 saturated carbocycles. The monoisotopic (exact) mass is 347 g/mol. The fraction of sp³-hybridized carbons (Fsp3) is 0.222. The third kappa shape index (κ3) is 5.27. The lowest BCUT2D eigenvalue weighted by atomic mass is 10.0. The molecular weight excluding hydrogens is 328 g/mol. The zero-order valence-electron chi connectivity index (χ0n) is 13.9. The molecule has 0 aliphatic rings. The van der Waals surface area contributed by atoms with Gasteiger partial charge in [0.2, 0.25) is 5.91 Å². The van der Waals surface area contributed by atoms with E-state index in [-0.39, 0.29) is 18.0 Å². The van der Waals surface area contributed by atoms with Crippen LogP contribution in [0.4, 0.5) is 19.3 Å². The number of hydrogen-bond acceptors (Lipinski definition) is 2. The molecule has 25 heavy (non-hydrogen) atoms. The number of anilines is 1. The summed E-state index contributed by atoms with van der Waals surface area (Å²) in [7, 11) is 3.25. The molecule has 2 aromatic carbocycles. The molecule has 3 amide bonds. The van der Waals surface area contributed by atoms with Gasteiger partial charge in [0.1, 0.15) is 11.6 Å². The molecule has 132 valence electrons. The molecule has 7 heteroatoms. The van der Waals surface area contributed by atoms with E-state index in [1.54, 1.807) is 38.4 Å². The summed E-state index contributed by atoms with van der Waals surface area (Å²) in [5, 5.41) is 4.97. The Morgan fingerprint density at radius 3 is 2.36 bits per heavy atom. The fourth-order valence-corrected chi connectivity index (χ4v) is 2.20. The minimum absolute atomic E-state index is 0.0519. The van der Waals surface area contributed by atoms with Crippen molar-refractivity contribution in [2.24, 2.45) is 0 Å². The van der Waals surface area contributed by atoms with E-state index in [2.05, 4.69) is 10.6 Å². The number of urea groups is 1. The third-order valence-corrected chi connectivity index (χ3v) is 3.56. The number of halogens is 2. The van der Waals surface area contributed by atoms with Gasteiger partial charge >= 0.3 is 6.03 Å². The Bertz CT molecular complexity index is 751. The summed E-state index contributed by atoms with van der Waals surface area (Å²) in [6, 6.07) is 10.6. The number of benzene rings is 2. The maximum atomic E-state index is 13.6. The minimum Gasteiger partial charge on any atom is -0.349 e. The van der Waals surface area contributed by atoms with Crippen LogP contribution in [0, 0.1) is 11.6 Å². The highest BCUT2D eigenvalue weighted by molar-refractivity contribution is 5.90. The smallest absolute Gasteiger partial charge is 0.319 e. The van der Waals surface area contributed by atoms with Gasteiger partial charge in [-0.05, 0) is 17.7 Å². The van der Waals surface area contributed by atoms with E-state index in [1.165, 1.54) is 4.90 Å². The molecule has 0 aliphatic heterocycles. The molecule has 0 spiro atoms. The molecule has 0 aliphatic carbocycles. The number of nitrogens with one attached hydrogen (secondary N) is 2. The van der Waals surface area contributed by atoms with E-state index < -0.39 is 23.7 Å². The molecule has 2 aromatic rings. The average molecular weight is 347 g/mol. The molecule has 0 fully saturated rings. The molecule has 2 rings (SSSR count). The van der Waals surface area contributed by atoms with E-state index in [9.17, 15) is 18.4 Å². The van der Waals surface area contributed by atoms with E-state index >= 15 is 0 Å².